The third kappa shape index (κ3) is 3.41. The molecule has 2 nitrogen and oxygen atoms in total. The molecule has 2 aromatic rings. The van der Waals surface area contributed by atoms with E-state index in [4.69, 9.17) is 28.5 Å². The minimum atomic E-state index is 0.563. The highest BCUT2D eigenvalue weighted by molar-refractivity contribution is 6.31. The molecule has 0 aliphatic heterocycles. The summed E-state index contributed by atoms with van der Waals surface area (Å²) in [6, 6.07) is 13.1. The van der Waals surface area contributed by atoms with Crippen LogP contribution < -0.4 is 5.32 Å². The van der Waals surface area contributed by atoms with Gasteiger partial charge in [0, 0.05) is 22.3 Å². The quantitative estimate of drug-likeness (QED) is 0.882. The first kappa shape index (κ1) is 13.7. The van der Waals surface area contributed by atoms with E-state index in [0.29, 0.717) is 22.2 Å². The van der Waals surface area contributed by atoms with Gasteiger partial charge in [0.05, 0.1) is 11.6 Å². The molecule has 0 aliphatic rings. The molecule has 0 fully saturated rings. The van der Waals surface area contributed by atoms with Gasteiger partial charge in [-0.2, -0.15) is 5.26 Å². The van der Waals surface area contributed by atoms with Crippen molar-refractivity contribution in [3.8, 4) is 6.07 Å². The third-order valence-corrected chi connectivity index (χ3v) is 3.44. The molecule has 0 atom stereocenters. The van der Waals surface area contributed by atoms with Gasteiger partial charge in [-0.25, -0.2) is 0 Å². The smallest absolute Gasteiger partial charge is 0.0992 e. The molecular formula is C15H12Cl2N2. The Morgan fingerprint density at radius 3 is 2.63 bits per heavy atom. The minimum Gasteiger partial charge on any atom is -0.381 e. The molecular weight excluding hydrogens is 279 g/mol. The van der Waals surface area contributed by atoms with Crippen molar-refractivity contribution < 1.29 is 0 Å². The third-order valence-electron chi connectivity index (χ3n) is 2.85. The van der Waals surface area contributed by atoms with Crippen molar-refractivity contribution in [2.45, 2.75) is 13.5 Å². The zero-order valence-electron chi connectivity index (χ0n) is 10.4. The molecule has 2 rings (SSSR count). The predicted octanol–water partition coefficient (Wildman–Crippen LogP) is 4.79. The van der Waals surface area contributed by atoms with Gasteiger partial charge in [0.25, 0.3) is 0 Å². The second kappa shape index (κ2) is 5.97. The van der Waals surface area contributed by atoms with Crippen LogP contribution in [-0.2, 0) is 6.54 Å². The van der Waals surface area contributed by atoms with Crippen molar-refractivity contribution in [2.75, 3.05) is 5.32 Å². The maximum Gasteiger partial charge on any atom is 0.0992 e. The maximum absolute atomic E-state index is 8.79. The Kier molecular flexibility index (Phi) is 4.31. The first-order valence-electron chi connectivity index (χ1n) is 5.78. The molecule has 0 saturated carbocycles. The van der Waals surface area contributed by atoms with E-state index in [9.17, 15) is 0 Å². The van der Waals surface area contributed by atoms with Gasteiger partial charge in [-0.05, 0) is 42.3 Å². The van der Waals surface area contributed by atoms with Gasteiger partial charge in [-0.1, -0.05) is 35.3 Å². The van der Waals surface area contributed by atoms with Crippen LogP contribution in [0.1, 0.15) is 16.7 Å². The van der Waals surface area contributed by atoms with E-state index in [1.54, 1.807) is 12.1 Å². The van der Waals surface area contributed by atoms with E-state index < -0.39 is 0 Å². The Morgan fingerprint density at radius 2 is 1.95 bits per heavy atom. The number of nitriles is 1. The van der Waals surface area contributed by atoms with E-state index in [-0.39, 0.29) is 0 Å². The lowest BCUT2D eigenvalue weighted by Crippen LogP contribution is -2.01. The number of hydrogen-bond acceptors (Lipinski definition) is 2. The van der Waals surface area contributed by atoms with Gasteiger partial charge >= 0.3 is 0 Å². The molecule has 0 bridgehead atoms. The first-order valence-corrected chi connectivity index (χ1v) is 6.54. The van der Waals surface area contributed by atoms with Crippen molar-refractivity contribution in [2.24, 2.45) is 0 Å². The molecule has 0 amide bonds. The number of rotatable bonds is 3. The topological polar surface area (TPSA) is 35.8 Å². The largest absolute Gasteiger partial charge is 0.381 e. The molecule has 0 unspecified atom stereocenters. The lowest BCUT2D eigenvalue weighted by atomic mass is 10.1. The lowest BCUT2D eigenvalue weighted by molar-refractivity contribution is 1.14. The summed E-state index contributed by atoms with van der Waals surface area (Å²) in [6.07, 6.45) is 0. The minimum absolute atomic E-state index is 0.563. The van der Waals surface area contributed by atoms with Crippen molar-refractivity contribution in [1.82, 2.24) is 0 Å². The lowest BCUT2D eigenvalue weighted by Gasteiger charge is -2.11. The Bertz CT molecular complexity index is 645. The zero-order valence-corrected chi connectivity index (χ0v) is 11.9. The van der Waals surface area contributed by atoms with E-state index in [0.717, 1.165) is 16.8 Å². The molecule has 0 spiro atoms. The molecule has 0 aliphatic carbocycles. The Labute approximate surface area is 122 Å². The first-order chi connectivity index (χ1) is 9.10. The average Bonchev–Trinajstić information content (AvgIpc) is 2.40. The Hall–Kier alpha value is -1.69. The van der Waals surface area contributed by atoms with E-state index >= 15 is 0 Å². The summed E-state index contributed by atoms with van der Waals surface area (Å²) < 4.78 is 0. The molecule has 2 aromatic carbocycles. The highest BCUT2D eigenvalue weighted by atomic mass is 35.5. The fourth-order valence-corrected chi connectivity index (χ4v) is 2.15. The number of nitrogens with zero attached hydrogens (tertiary/aromatic N) is 1. The maximum atomic E-state index is 8.79. The number of nitrogens with one attached hydrogen (secondary N) is 1. The predicted molar refractivity (Wildman–Crippen MR) is 79.7 cm³/mol. The summed E-state index contributed by atoms with van der Waals surface area (Å²) >= 11 is 12.1. The normalized spacial score (nSPS) is 10.0. The van der Waals surface area contributed by atoms with E-state index in [1.165, 1.54) is 0 Å². The van der Waals surface area contributed by atoms with Crippen molar-refractivity contribution in [1.29, 1.82) is 5.26 Å². The summed E-state index contributed by atoms with van der Waals surface area (Å²) in [7, 11) is 0. The molecule has 0 heterocycles. The van der Waals surface area contributed by atoms with Crippen LogP contribution in [0.3, 0.4) is 0 Å². The second-order valence-corrected chi connectivity index (χ2v) is 5.07. The van der Waals surface area contributed by atoms with Crippen LogP contribution in [0, 0.1) is 18.3 Å². The monoisotopic (exact) mass is 290 g/mol. The highest BCUT2D eigenvalue weighted by Crippen LogP contribution is 2.23. The van der Waals surface area contributed by atoms with Crippen LogP contribution in [0.2, 0.25) is 10.0 Å². The van der Waals surface area contributed by atoms with Crippen molar-refractivity contribution >= 4 is 28.9 Å². The summed E-state index contributed by atoms with van der Waals surface area (Å²) in [5.74, 6) is 0. The fraction of sp³-hybridized carbons (Fsp3) is 0.133. The standard InChI is InChI=1S/C15H12Cl2N2/c1-10-2-5-13(16)7-15(10)19-9-12-4-3-11(8-18)6-14(12)17/h2-7,19H,9H2,1H3. The van der Waals surface area contributed by atoms with Crippen molar-refractivity contribution in [3.05, 3.63) is 63.1 Å². The summed E-state index contributed by atoms with van der Waals surface area (Å²) in [4.78, 5) is 0. The zero-order chi connectivity index (χ0) is 13.8. The van der Waals surface area contributed by atoms with Crippen LogP contribution in [-0.4, -0.2) is 0 Å². The van der Waals surface area contributed by atoms with Crippen LogP contribution in [0.4, 0.5) is 5.69 Å². The number of hydrogen-bond donors (Lipinski definition) is 1. The SMILES string of the molecule is Cc1ccc(Cl)cc1NCc1ccc(C#N)cc1Cl. The highest BCUT2D eigenvalue weighted by Gasteiger charge is 2.04. The number of benzene rings is 2. The summed E-state index contributed by atoms with van der Waals surface area (Å²) in [5.41, 5.74) is 3.61. The number of halogens is 2. The van der Waals surface area contributed by atoms with Gasteiger partial charge in [-0.3, -0.25) is 0 Å². The summed E-state index contributed by atoms with van der Waals surface area (Å²) in [6.45, 7) is 2.60. The Morgan fingerprint density at radius 1 is 1.16 bits per heavy atom. The van der Waals surface area contributed by atoms with Crippen LogP contribution >= 0.6 is 23.2 Å². The molecule has 0 radical (unpaired) electrons. The summed E-state index contributed by atoms with van der Waals surface area (Å²) in [5, 5.41) is 13.4. The van der Waals surface area contributed by atoms with Gasteiger partial charge in [0.1, 0.15) is 0 Å². The number of aryl methyl sites for hydroxylation is 1. The van der Waals surface area contributed by atoms with Crippen LogP contribution in [0.15, 0.2) is 36.4 Å². The number of anilines is 1. The molecule has 1 N–H and O–H groups in total. The van der Waals surface area contributed by atoms with Gasteiger partial charge < -0.3 is 5.32 Å². The fourth-order valence-electron chi connectivity index (χ4n) is 1.74. The van der Waals surface area contributed by atoms with Crippen molar-refractivity contribution in [3.63, 3.8) is 0 Å². The van der Waals surface area contributed by atoms with E-state index in [1.807, 2.05) is 31.2 Å². The molecule has 19 heavy (non-hydrogen) atoms. The molecule has 4 heteroatoms. The average molecular weight is 291 g/mol. The molecule has 0 saturated heterocycles. The van der Waals surface area contributed by atoms with E-state index in [2.05, 4.69) is 11.4 Å². The van der Waals surface area contributed by atoms with Crippen LogP contribution in [0.25, 0.3) is 0 Å². The second-order valence-electron chi connectivity index (χ2n) is 4.23. The van der Waals surface area contributed by atoms with Crippen LogP contribution in [0.5, 0.6) is 0 Å². The van der Waals surface area contributed by atoms with Gasteiger partial charge in [0.2, 0.25) is 0 Å². The van der Waals surface area contributed by atoms with Gasteiger partial charge in [0.15, 0.2) is 0 Å². The molecule has 96 valence electrons. The molecule has 0 aromatic heterocycles. The Balaban J connectivity index is 2.15. The van der Waals surface area contributed by atoms with Gasteiger partial charge in [-0.15, -0.1) is 0 Å².